The molecular formula is C20H22F2N4O2. The van der Waals surface area contributed by atoms with E-state index in [1.165, 1.54) is 4.68 Å². The van der Waals surface area contributed by atoms with E-state index in [-0.39, 0.29) is 29.5 Å². The normalized spacial score (nSPS) is 19.1. The van der Waals surface area contributed by atoms with E-state index in [0.29, 0.717) is 37.7 Å². The number of anilines is 1. The predicted octanol–water partition coefficient (Wildman–Crippen LogP) is 2.07. The molecule has 148 valence electrons. The monoisotopic (exact) mass is 388 g/mol. The van der Waals surface area contributed by atoms with Gasteiger partial charge in [0.2, 0.25) is 5.91 Å². The number of carbonyl (C=O) groups excluding carboxylic acids is 1. The molecular weight excluding hydrogens is 366 g/mol. The van der Waals surface area contributed by atoms with Crippen molar-refractivity contribution in [1.29, 1.82) is 0 Å². The summed E-state index contributed by atoms with van der Waals surface area (Å²) in [4.78, 5) is 26.6. The van der Waals surface area contributed by atoms with E-state index in [0.717, 1.165) is 31.0 Å². The van der Waals surface area contributed by atoms with Crippen LogP contribution in [-0.2, 0) is 17.9 Å². The third kappa shape index (κ3) is 4.21. The fourth-order valence-corrected chi connectivity index (χ4v) is 3.49. The van der Waals surface area contributed by atoms with Gasteiger partial charge in [0, 0.05) is 37.8 Å². The van der Waals surface area contributed by atoms with Gasteiger partial charge in [0.25, 0.3) is 5.56 Å². The summed E-state index contributed by atoms with van der Waals surface area (Å²) < 4.78 is 28.4. The molecule has 2 heterocycles. The van der Waals surface area contributed by atoms with Gasteiger partial charge in [-0.25, -0.2) is 13.5 Å². The lowest BCUT2D eigenvalue weighted by atomic mass is 10.1. The van der Waals surface area contributed by atoms with E-state index in [2.05, 4.69) is 10.4 Å². The molecule has 0 bridgehead atoms. The zero-order chi connectivity index (χ0) is 19.7. The molecule has 0 radical (unpaired) electrons. The van der Waals surface area contributed by atoms with Crippen molar-refractivity contribution in [3.63, 3.8) is 0 Å². The van der Waals surface area contributed by atoms with Gasteiger partial charge < -0.3 is 10.2 Å². The lowest BCUT2D eigenvalue weighted by Crippen LogP contribution is -2.33. The molecule has 1 saturated heterocycles. The molecule has 1 atom stereocenters. The van der Waals surface area contributed by atoms with E-state index >= 15 is 0 Å². The molecule has 1 aliphatic carbocycles. The van der Waals surface area contributed by atoms with Crippen LogP contribution in [-0.4, -0.2) is 28.8 Å². The first kappa shape index (κ1) is 18.6. The summed E-state index contributed by atoms with van der Waals surface area (Å²) in [6.45, 7) is 1.71. The Balaban J connectivity index is 1.34. The summed E-state index contributed by atoms with van der Waals surface area (Å²) in [6, 6.07) is 4.74. The first-order valence-electron chi connectivity index (χ1n) is 9.53. The van der Waals surface area contributed by atoms with E-state index in [1.54, 1.807) is 12.3 Å². The second kappa shape index (κ2) is 7.69. The van der Waals surface area contributed by atoms with Crippen LogP contribution in [0.5, 0.6) is 0 Å². The van der Waals surface area contributed by atoms with Gasteiger partial charge in [-0.2, -0.15) is 5.10 Å². The van der Waals surface area contributed by atoms with Crippen LogP contribution in [0, 0.1) is 23.5 Å². The Hall–Kier alpha value is -2.77. The van der Waals surface area contributed by atoms with Crippen molar-refractivity contribution in [2.24, 2.45) is 11.8 Å². The topological polar surface area (TPSA) is 67.2 Å². The summed E-state index contributed by atoms with van der Waals surface area (Å²) in [5, 5.41) is 6.93. The van der Waals surface area contributed by atoms with Gasteiger partial charge in [-0.1, -0.05) is 0 Å². The number of nitrogens with one attached hydrogen (secondary N) is 1. The number of hydrogen-bond donors (Lipinski definition) is 1. The fraction of sp³-hybridized carbons (Fsp3) is 0.450. The quantitative estimate of drug-likeness (QED) is 0.823. The van der Waals surface area contributed by atoms with E-state index < -0.39 is 11.6 Å². The second-order valence-corrected chi connectivity index (χ2v) is 7.56. The number of carbonyl (C=O) groups is 1. The molecule has 1 aromatic carbocycles. The third-order valence-electron chi connectivity index (χ3n) is 5.37. The molecule has 6 nitrogen and oxygen atoms in total. The Labute approximate surface area is 161 Å². The Morgan fingerprint density at radius 2 is 2.04 bits per heavy atom. The first-order valence-corrected chi connectivity index (χ1v) is 9.53. The van der Waals surface area contributed by atoms with Gasteiger partial charge in [-0.3, -0.25) is 9.59 Å². The predicted molar refractivity (Wildman–Crippen MR) is 99.7 cm³/mol. The number of hydrogen-bond acceptors (Lipinski definition) is 4. The molecule has 2 aromatic rings. The summed E-state index contributed by atoms with van der Waals surface area (Å²) in [5.41, 5.74) is 0.703. The largest absolute Gasteiger partial charge is 0.369 e. The Kier molecular flexibility index (Phi) is 5.11. The first-order chi connectivity index (χ1) is 13.5. The molecule has 2 aliphatic rings. The van der Waals surface area contributed by atoms with Gasteiger partial charge in [-0.15, -0.1) is 0 Å². The standard InChI is InChI=1S/C20H22F2N4O2/c21-16-3-4-18(22)15(7-16)9-23-20(28)14-5-6-25(12-14)17-8-19(27)26(24-10-17)11-13-1-2-13/h3-4,7-8,10,13-14H,1-2,5-6,9,11-12H2,(H,23,28). The van der Waals surface area contributed by atoms with Gasteiger partial charge in [-0.05, 0) is 43.4 Å². The summed E-state index contributed by atoms with van der Waals surface area (Å²) in [7, 11) is 0. The van der Waals surface area contributed by atoms with Gasteiger partial charge in [0.15, 0.2) is 0 Å². The van der Waals surface area contributed by atoms with Gasteiger partial charge >= 0.3 is 0 Å². The van der Waals surface area contributed by atoms with Gasteiger partial charge in [0.05, 0.1) is 17.8 Å². The van der Waals surface area contributed by atoms with Crippen LogP contribution >= 0.6 is 0 Å². The number of halogens is 2. The van der Waals surface area contributed by atoms with Crippen LogP contribution in [0.2, 0.25) is 0 Å². The highest BCUT2D eigenvalue weighted by atomic mass is 19.1. The fourth-order valence-electron chi connectivity index (χ4n) is 3.49. The van der Waals surface area contributed by atoms with Crippen LogP contribution in [0.15, 0.2) is 35.3 Å². The minimum Gasteiger partial charge on any atom is -0.369 e. The molecule has 28 heavy (non-hydrogen) atoms. The van der Waals surface area contributed by atoms with Crippen LogP contribution in [0.4, 0.5) is 14.5 Å². The minimum absolute atomic E-state index is 0.0578. The average Bonchev–Trinajstić information content (AvgIpc) is 3.35. The lowest BCUT2D eigenvalue weighted by molar-refractivity contribution is -0.124. The molecule has 1 aliphatic heterocycles. The van der Waals surface area contributed by atoms with E-state index in [9.17, 15) is 18.4 Å². The van der Waals surface area contributed by atoms with Crippen LogP contribution < -0.4 is 15.8 Å². The minimum atomic E-state index is -0.549. The third-order valence-corrected chi connectivity index (χ3v) is 5.37. The molecule has 0 spiro atoms. The molecule has 4 rings (SSSR count). The van der Waals surface area contributed by atoms with Crippen LogP contribution in [0.25, 0.3) is 0 Å². The number of benzene rings is 1. The zero-order valence-electron chi connectivity index (χ0n) is 15.4. The average molecular weight is 388 g/mol. The summed E-state index contributed by atoms with van der Waals surface area (Å²) in [6.07, 6.45) is 4.60. The highest BCUT2D eigenvalue weighted by Crippen LogP contribution is 2.30. The molecule has 1 unspecified atom stereocenters. The number of aromatic nitrogens is 2. The molecule has 8 heteroatoms. The number of rotatable bonds is 6. The van der Waals surface area contributed by atoms with Crippen LogP contribution in [0.1, 0.15) is 24.8 Å². The van der Waals surface area contributed by atoms with Crippen LogP contribution in [0.3, 0.4) is 0 Å². The van der Waals surface area contributed by atoms with Gasteiger partial charge in [0.1, 0.15) is 11.6 Å². The maximum Gasteiger partial charge on any atom is 0.268 e. The van der Waals surface area contributed by atoms with Crippen molar-refractivity contribution < 1.29 is 13.6 Å². The Bertz CT molecular complexity index is 942. The number of amides is 1. The Morgan fingerprint density at radius 1 is 1.21 bits per heavy atom. The SMILES string of the molecule is O=C(NCc1cc(F)ccc1F)C1CCN(c2cnn(CC3CC3)c(=O)c2)C1. The highest BCUT2D eigenvalue weighted by molar-refractivity contribution is 5.80. The van der Waals surface area contributed by atoms with Crippen molar-refractivity contribution in [3.05, 3.63) is 58.0 Å². The van der Waals surface area contributed by atoms with Crippen molar-refractivity contribution in [2.75, 3.05) is 18.0 Å². The maximum absolute atomic E-state index is 13.7. The van der Waals surface area contributed by atoms with Crippen molar-refractivity contribution in [1.82, 2.24) is 15.1 Å². The summed E-state index contributed by atoms with van der Waals surface area (Å²) in [5.74, 6) is -1.00. The number of nitrogens with zero attached hydrogens (tertiary/aromatic N) is 3. The molecule has 1 aromatic heterocycles. The smallest absolute Gasteiger partial charge is 0.268 e. The lowest BCUT2D eigenvalue weighted by Gasteiger charge is -2.18. The zero-order valence-corrected chi connectivity index (χ0v) is 15.4. The highest BCUT2D eigenvalue weighted by Gasteiger charge is 2.29. The molecule has 2 fully saturated rings. The summed E-state index contributed by atoms with van der Waals surface area (Å²) >= 11 is 0. The van der Waals surface area contributed by atoms with Crippen molar-refractivity contribution >= 4 is 11.6 Å². The van der Waals surface area contributed by atoms with Crippen molar-refractivity contribution in [2.45, 2.75) is 32.4 Å². The van der Waals surface area contributed by atoms with E-state index in [1.807, 2.05) is 4.90 Å². The Morgan fingerprint density at radius 3 is 2.79 bits per heavy atom. The maximum atomic E-state index is 13.7. The van der Waals surface area contributed by atoms with Crippen molar-refractivity contribution in [3.8, 4) is 0 Å². The molecule has 1 N–H and O–H groups in total. The molecule has 1 amide bonds. The van der Waals surface area contributed by atoms with E-state index in [4.69, 9.17) is 0 Å². The second-order valence-electron chi connectivity index (χ2n) is 7.56. The molecule has 1 saturated carbocycles.